The van der Waals surface area contributed by atoms with Crippen molar-refractivity contribution in [3.8, 4) is 0 Å². The molecule has 1 aromatic heterocycles. The molecule has 6 heteroatoms. The topological polar surface area (TPSA) is 71.1 Å². The van der Waals surface area contributed by atoms with Gasteiger partial charge >= 0.3 is 0 Å². The Balaban J connectivity index is 1.57. The largest absolute Gasteiger partial charge is 0.354 e. The van der Waals surface area contributed by atoms with E-state index in [1.807, 2.05) is 42.5 Å². The first-order chi connectivity index (χ1) is 13.0. The Morgan fingerprint density at radius 2 is 1.56 bits per heavy atom. The van der Waals surface area contributed by atoms with Crippen LogP contribution in [0.1, 0.15) is 18.1 Å². The van der Waals surface area contributed by atoms with Crippen LogP contribution in [0, 0.1) is 0 Å². The molecule has 0 aliphatic heterocycles. The van der Waals surface area contributed by atoms with Gasteiger partial charge in [0.05, 0.1) is 17.6 Å². The SMILES string of the molecule is CCc1ccc(Nc2ccc(NS(=O)(=O)CCc3ccccc3)nc2)cc1. The number of rotatable bonds is 8. The summed E-state index contributed by atoms with van der Waals surface area (Å²) in [5, 5.41) is 3.25. The first-order valence-electron chi connectivity index (χ1n) is 8.90. The number of sulfonamides is 1. The summed E-state index contributed by atoms with van der Waals surface area (Å²) >= 11 is 0. The third-order valence-electron chi connectivity index (χ3n) is 4.18. The molecule has 0 unspecified atom stereocenters. The first-order valence-corrected chi connectivity index (χ1v) is 10.6. The van der Waals surface area contributed by atoms with Crippen molar-refractivity contribution in [3.05, 3.63) is 84.1 Å². The molecule has 0 fully saturated rings. The van der Waals surface area contributed by atoms with E-state index >= 15 is 0 Å². The van der Waals surface area contributed by atoms with E-state index in [1.54, 1.807) is 18.3 Å². The summed E-state index contributed by atoms with van der Waals surface area (Å²) in [4.78, 5) is 4.20. The molecule has 3 aromatic rings. The van der Waals surface area contributed by atoms with Crippen LogP contribution in [-0.4, -0.2) is 19.2 Å². The number of aryl methyl sites for hydroxylation is 2. The molecule has 27 heavy (non-hydrogen) atoms. The Morgan fingerprint density at radius 1 is 0.852 bits per heavy atom. The summed E-state index contributed by atoms with van der Waals surface area (Å²) in [6.07, 6.45) is 3.08. The Morgan fingerprint density at radius 3 is 2.19 bits per heavy atom. The number of nitrogens with zero attached hydrogens (tertiary/aromatic N) is 1. The molecule has 140 valence electrons. The highest BCUT2D eigenvalue weighted by Crippen LogP contribution is 2.18. The predicted octanol–water partition coefficient (Wildman–Crippen LogP) is 4.37. The minimum Gasteiger partial charge on any atom is -0.354 e. The van der Waals surface area contributed by atoms with Crippen LogP contribution in [0.3, 0.4) is 0 Å². The van der Waals surface area contributed by atoms with Crippen molar-refractivity contribution in [3.63, 3.8) is 0 Å². The van der Waals surface area contributed by atoms with Gasteiger partial charge in [-0.2, -0.15) is 0 Å². The normalized spacial score (nSPS) is 11.1. The van der Waals surface area contributed by atoms with Crippen LogP contribution < -0.4 is 10.0 Å². The summed E-state index contributed by atoms with van der Waals surface area (Å²) in [6.45, 7) is 2.12. The second-order valence-corrected chi connectivity index (χ2v) is 8.11. The van der Waals surface area contributed by atoms with Crippen LogP contribution in [0.2, 0.25) is 0 Å². The molecule has 3 rings (SSSR count). The average Bonchev–Trinajstić information content (AvgIpc) is 2.69. The van der Waals surface area contributed by atoms with Gasteiger partial charge in [0.15, 0.2) is 0 Å². The molecule has 0 bridgehead atoms. The molecule has 0 saturated carbocycles. The number of benzene rings is 2. The quantitative estimate of drug-likeness (QED) is 0.608. The van der Waals surface area contributed by atoms with Gasteiger partial charge in [0, 0.05) is 5.69 Å². The van der Waals surface area contributed by atoms with Gasteiger partial charge in [0.2, 0.25) is 10.0 Å². The van der Waals surface area contributed by atoms with Crippen LogP contribution >= 0.6 is 0 Å². The Bertz CT molecular complexity index is 955. The molecular weight excluding hydrogens is 358 g/mol. The summed E-state index contributed by atoms with van der Waals surface area (Å²) in [7, 11) is -3.45. The maximum atomic E-state index is 12.2. The van der Waals surface area contributed by atoms with E-state index < -0.39 is 10.0 Å². The average molecular weight is 382 g/mol. The van der Waals surface area contributed by atoms with Crippen LogP contribution in [0.4, 0.5) is 17.2 Å². The molecular formula is C21H23N3O2S. The van der Waals surface area contributed by atoms with Crippen molar-refractivity contribution in [2.75, 3.05) is 15.8 Å². The zero-order valence-electron chi connectivity index (χ0n) is 15.2. The van der Waals surface area contributed by atoms with Gasteiger partial charge in [-0.1, -0.05) is 49.4 Å². The van der Waals surface area contributed by atoms with Gasteiger partial charge < -0.3 is 5.32 Å². The lowest BCUT2D eigenvalue weighted by atomic mass is 10.1. The minimum absolute atomic E-state index is 0.0163. The van der Waals surface area contributed by atoms with E-state index in [1.165, 1.54) is 5.56 Å². The monoisotopic (exact) mass is 381 g/mol. The number of pyridine rings is 1. The molecule has 0 spiro atoms. The highest BCUT2D eigenvalue weighted by Gasteiger charge is 2.11. The fraction of sp³-hybridized carbons (Fsp3) is 0.190. The smallest absolute Gasteiger partial charge is 0.234 e. The Hall–Kier alpha value is -2.86. The lowest BCUT2D eigenvalue weighted by Crippen LogP contribution is -2.18. The third-order valence-corrected chi connectivity index (χ3v) is 5.44. The summed E-state index contributed by atoms with van der Waals surface area (Å²) in [5.41, 5.74) is 4.03. The highest BCUT2D eigenvalue weighted by molar-refractivity contribution is 7.92. The maximum absolute atomic E-state index is 12.2. The van der Waals surface area contributed by atoms with E-state index in [0.717, 1.165) is 23.4 Å². The van der Waals surface area contributed by atoms with Crippen molar-refractivity contribution in [2.24, 2.45) is 0 Å². The minimum atomic E-state index is -3.45. The molecule has 2 aromatic carbocycles. The molecule has 1 heterocycles. The molecule has 2 N–H and O–H groups in total. The van der Waals surface area contributed by atoms with E-state index in [2.05, 4.69) is 34.1 Å². The zero-order valence-corrected chi connectivity index (χ0v) is 16.0. The molecule has 5 nitrogen and oxygen atoms in total. The van der Waals surface area contributed by atoms with Crippen LogP contribution in [0.25, 0.3) is 0 Å². The Kier molecular flexibility index (Phi) is 6.08. The number of aromatic nitrogens is 1. The van der Waals surface area contributed by atoms with Gasteiger partial charge in [-0.15, -0.1) is 0 Å². The van der Waals surface area contributed by atoms with Crippen LogP contribution in [0.15, 0.2) is 72.9 Å². The molecule has 0 aliphatic rings. The van der Waals surface area contributed by atoms with Crippen molar-refractivity contribution in [1.29, 1.82) is 0 Å². The van der Waals surface area contributed by atoms with Gasteiger partial charge in [-0.05, 0) is 48.2 Å². The number of nitrogens with one attached hydrogen (secondary N) is 2. The van der Waals surface area contributed by atoms with E-state index in [0.29, 0.717) is 12.2 Å². The van der Waals surface area contributed by atoms with Crippen molar-refractivity contribution in [2.45, 2.75) is 19.8 Å². The van der Waals surface area contributed by atoms with Gasteiger partial charge in [-0.3, -0.25) is 4.72 Å². The summed E-state index contributed by atoms with van der Waals surface area (Å²) < 4.78 is 27.0. The zero-order chi connectivity index (χ0) is 19.1. The van der Waals surface area contributed by atoms with E-state index in [4.69, 9.17) is 0 Å². The van der Waals surface area contributed by atoms with Crippen LogP contribution in [0.5, 0.6) is 0 Å². The van der Waals surface area contributed by atoms with E-state index in [-0.39, 0.29) is 5.75 Å². The lowest BCUT2D eigenvalue weighted by Gasteiger charge is -2.10. The highest BCUT2D eigenvalue weighted by atomic mass is 32.2. The van der Waals surface area contributed by atoms with Crippen molar-refractivity contribution in [1.82, 2.24) is 4.98 Å². The lowest BCUT2D eigenvalue weighted by molar-refractivity contribution is 0.600. The Labute approximate surface area is 160 Å². The third kappa shape index (κ3) is 5.82. The van der Waals surface area contributed by atoms with Crippen molar-refractivity contribution >= 4 is 27.2 Å². The fourth-order valence-electron chi connectivity index (χ4n) is 2.63. The first kappa shape index (κ1) is 18.9. The molecule has 0 saturated heterocycles. The summed E-state index contributed by atoms with van der Waals surface area (Å²) in [5.74, 6) is 0.331. The number of anilines is 3. The standard InChI is InChI=1S/C21H23N3O2S/c1-2-17-8-10-19(11-9-17)23-20-12-13-21(22-16-20)24-27(25,26)15-14-18-6-4-3-5-7-18/h3-13,16,23H,2,14-15H2,1H3,(H,22,24). The van der Waals surface area contributed by atoms with Crippen LogP contribution in [-0.2, 0) is 22.9 Å². The second kappa shape index (κ2) is 8.68. The predicted molar refractivity (Wildman–Crippen MR) is 111 cm³/mol. The number of hydrogen-bond acceptors (Lipinski definition) is 4. The molecule has 0 atom stereocenters. The molecule has 0 amide bonds. The van der Waals surface area contributed by atoms with Gasteiger partial charge in [0.25, 0.3) is 0 Å². The second-order valence-electron chi connectivity index (χ2n) is 6.26. The fourth-order valence-corrected chi connectivity index (χ4v) is 3.67. The van der Waals surface area contributed by atoms with Gasteiger partial charge in [0.1, 0.15) is 5.82 Å². The van der Waals surface area contributed by atoms with Crippen molar-refractivity contribution < 1.29 is 8.42 Å². The van der Waals surface area contributed by atoms with E-state index in [9.17, 15) is 8.42 Å². The summed E-state index contributed by atoms with van der Waals surface area (Å²) in [6, 6.07) is 21.2. The molecule has 0 radical (unpaired) electrons. The van der Waals surface area contributed by atoms with Gasteiger partial charge in [-0.25, -0.2) is 13.4 Å². The molecule has 0 aliphatic carbocycles. The maximum Gasteiger partial charge on any atom is 0.234 e. The number of hydrogen-bond donors (Lipinski definition) is 2.